The molecule has 1 aromatic carbocycles. The van der Waals surface area contributed by atoms with Gasteiger partial charge in [-0.2, -0.15) is 0 Å². The number of nitrogens with one attached hydrogen (secondary N) is 1. The summed E-state index contributed by atoms with van der Waals surface area (Å²) in [6, 6.07) is 5.27. The fourth-order valence-electron chi connectivity index (χ4n) is 1.53. The highest BCUT2D eigenvalue weighted by Crippen LogP contribution is 2.16. The quantitative estimate of drug-likeness (QED) is 0.835. The second-order valence-electron chi connectivity index (χ2n) is 4.32. The molecule has 0 spiro atoms. The summed E-state index contributed by atoms with van der Waals surface area (Å²) in [5.74, 6) is -0.230. The summed E-state index contributed by atoms with van der Waals surface area (Å²) in [6.07, 6.45) is 0.269. The molecule has 0 unspecified atom stereocenters. The van der Waals surface area contributed by atoms with Crippen molar-refractivity contribution in [2.24, 2.45) is 5.73 Å². The van der Waals surface area contributed by atoms with Gasteiger partial charge in [-0.1, -0.05) is 6.07 Å². The molecule has 0 aliphatic carbocycles. The van der Waals surface area contributed by atoms with Crippen LogP contribution in [0.15, 0.2) is 18.2 Å². The average molecular weight is 249 g/mol. The summed E-state index contributed by atoms with van der Waals surface area (Å²) in [7, 11) is 3.39. The van der Waals surface area contributed by atoms with Crippen LogP contribution in [0.4, 0.5) is 5.69 Å². The van der Waals surface area contributed by atoms with Gasteiger partial charge >= 0.3 is 0 Å². The van der Waals surface area contributed by atoms with Crippen LogP contribution < -0.4 is 11.1 Å². The largest absolute Gasteiger partial charge is 0.345 e. The Bertz CT molecular complexity index is 456. The number of carbonyl (C=O) groups is 2. The Morgan fingerprint density at radius 1 is 1.33 bits per heavy atom. The average Bonchev–Trinajstić information content (AvgIpc) is 2.31. The Hall–Kier alpha value is -1.88. The summed E-state index contributed by atoms with van der Waals surface area (Å²) < 4.78 is 0. The smallest absolute Gasteiger partial charge is 0.253 e. The monoisotopic (exact) mass is 249 g/mol. The zero-order valence-corrected chi connectivity index (χ0v) is 11.0. The zero-order chi connectivity index (χ0) is 13.7. The van der Waals surface area contributed by atoms with Gasteiger partial charge in [-0.05, 0) is 24.6 Å². The number of nitrogens with two attached hydrogens (primary N) is 1. The summed E-state index contributed by atoms with van der Waals surface area (Å²) in [6.45, 7) is 2.17. The summed E-state index contributed by atoms with van der Waals surface area (Å²) in [5, 5.41) is 2.71. The van der Waals surface area contributed by atoms with E-state index in [4.69, 9.17) is 5.73 Å². The first-order chi connectivity index (χ1) is 8.45. The third kappa shape index (κ3) is 3.56. The minimum Gasteiger partial charge on any atom is -0.345 e. The van der Waals surface area contributed by atoms with Crippen molar-refractivity contribution in [2.45, 2.75) is 13.3 Å². The van der Waals surface area contributed by atoms with Crippen LogP contribution in [0, 0.1) is 6.92 Å². The number of amides is 2. The third-order valence-corrected chi connectivity index (χ3v) is 2.53. The fraction of sp³-hybridized carbons (Fsp3) is 0.385. The van der Waals surface area contributed by atoms with Crippen LogP contribution in [-0.2, 0) is 4.79 Å². The van der Waals surface area contributed by atoms with Crippen molar-refractivity contribution in [1.29, 1.82) is 0 Å². The molecule has 1 rings (SSSR count). The zero-order valence-electron chi connectivity index (χ0n) is 11.0. The number of hydrogen-bond donors (Lipinski definition) is 2. The minimum absolute atomic E-state index is 0.0811. The van der Waals surface area contributed by atoms with Gasteiger partial charge < -0.3 is 16.0 Å². The molecular weight excluding hydrogens is 230 g/mol. The first-order valence-corrected chi connectivity index (χ1v) is 5.78. The number of anilines is 1. The molecular formula is C13H19N3O2. The van der Waals surface area contributed by atoms with Gasteiger partial charge in [0, 0.05) is 38.3 Å². The van der Waals surface area contributed by atoms with Crippen molar-refractivity contribution < 1.29 is 9.59 Å². The van der Waals surface area contributed by atoms with Crippen LogP contribution in [0.3, 0.4) is 0 Å². The van der Waals surface area contributed by atoms with E-state index in [1.54, 1.807) is 26.2 Å². The lowest BCUT2D eigenvalue weighted by Gasteiger charge is -2.14. The summed E-state index contributed by atoms with van der Waals surface area (Å²) in [4.78, 5) is 24.9. The van der Waals surface area contributed by atoms with E-state index >= 15 is 0 Å². The maximum absolute atomic E-state index is 11.9. The lowest BCUT2D eigenvalue weighted by Crippen LogP contribution is -2.23. The van der Waals surface area contributed by atoms with Gasteiger partial charge in [0.1, 0.15) is 0 Å². The molecule has 0 bridgehead atoms. The topological polar surface area (TPSA) is 75.4 Å². The second-order valence-corrected chi connectivity index (χ2v) is 4.32. The van der Waals surface area contributed by atoms with Crippen LogP contribution in [0.1, 0.15) is 22.3 Å². The Balaban J connectivity index is 2.94. The lowest BCUT2D eigenvalue weighted by molar-refractivity contribution is -0.116. The second kappa shape index (κ2) is 6.16. The van der Waals surface area contributed by atoms with Crippen molar-refractivity contribution in [3.05, 3.63) is 29.3 Å². The van der Waals surface area contributed by atoms with Crippen molar-refractivity contribution in [3.8, 4) is 0 Å². The van der Waals surface area contributed by atoms with Gasteiger partial charge in [-0.25, -0.2) is 0 Å². The van der Waals surface area contributed by atoms with Gasteiger partial charge in [0.25, 0.3) is 5.91 Å². The molecule has 0 radical (unpaired) electrons. The molecule has 0 saturated carbocycles. The normalized spacial score (nSPS) is 10.0. The molecule has 5 nitrogen and oxygen atoms in total. The first kappa shape index (κ1) is 14.2. The summed E-state index contributed by atoms with van der Waals surface area (Å²) >= 11 is 0. The number of nitrogens with zero attached hydrogens (tertiary/aromatic N) is 1. The molecule has 0 aliphatic rings. The van der Waals surface area contributed by atoms with Gasteiger partial charge in [-0.15, -0.1) is 0 Å². The van der Waals surface area contributed by atoms with Crippen molar-refractivity contribution in [1.82, 2.24) is 4.90 Å². The number of carbonyl (C=O) groups excluding carboxylic acids is 2. The molecule has 1 aromatic rings. The van der Waals surface area contributed by atoms with Crippen LogP contribution in [0.25, 0.3) is 0 Å². The maximum atomic E-state index is 11.9. The molecule has 98 valence electrons. The first-order valence-electron chi connectivity index (χ1n) is 5.78. The molecule has 2 amide bonds. The van der Waals surface area contributed by atoms with Crippen LogP contribution in [0.5, 0.6) is 0 Å². The van der Waals surface area contributed by atoms with Gasteiger partial charge in [0.05, 0.1) is 0 Å². The standard InChI is InChI=1S/C13H19N3O2/c1-9-4-5-10(15-12(17)6-7-14)8-11(9)13(18)16(2)3/h4-5,8H,6-7,14H2,1-3H3,(H,15,17). The Kier molecular flexibility index (Phi) is 4.85. The van der Waals surface area contributed by atoms with E-state index in [1.165, 1.54) is 4.90 Å². The molecule has 0 aromatic heterocycles. The molecule has 0 heterocycles. The van der Waals surface area contributed by atoms with E-state index in [9.17, 15) is 9.59 Å². The van der Waals surface area contributed by atoms with Crippen molar-refractivity contribution in [2.75, 3.05) is 26.0 Å². The number of aryl methyl sites for hydroxylation is 1. The number of rotatable bonds is 4. The van der Waals surface area contributed by atoms with E-state index in [2.05, 4.69) is 5.32 Å². The number of benzene rings is 1. The highest BCUT2D eigenvalue weighted by molar-refractivity contribution is 5.98. The van der Waals surface area contributed by atoms with Gasteiger partial charge in [0.15, 0.2) is 0 Å². The maximum Gasteiger partial charge on any atom is 0.253 e. The van der Waals surface area contributed by atoms with E-state index in [1.807, 2.05) is 13.0 Å². The third-order valence-electron chi connectivity index (χ3n) is 2.53. The van der Waals surface area contributed by atoms with Crippen LogP contribution in [-0.4, -0.2) is 37.4 Å². The Labute approximate surface area is 107 Å². The molecule has 3 N–H and O–H groups in total. The van der Waals surface area contributed by atoms with Crippen LogP contribution in [0.2, 0.25) is 0 Å². The van der Waals surface area contributed by atoms with Gasteiger partial charge in [0.2, 0.25) is 5.91 Å². The molecule has 18 heavy (non-hydrogen) atoms. The van der Waals surface area contributed by atoms with Crippen molar-refractivity contribution >= 4 is 17.5 Å². The predicted octanol–water partition coefficient (Wildman–Crippen LogP) is 0.984. The molecule has 0 aliphatic heterocycles. The van der Waals surface area contributed by atoms with E-state index in [-0.39, 0.29) is 18.2 Å². The summed E-state index contributed by atoms with van der Waals surface area (Å²) in [5.41, 5.74) is 7.39. The number of hydrogen-bond acceptors (Lipinski definition) is 3. The van der Waals surface area contributed by atoms with E-state index < -0.39 is 0 Å². The molecule has 5 heteroatoms. The Morgan fingerprint density at radius 3 is 2.56 bits per heavy atom. The van der Waals surface area contributed by atoms with E-state index in [0.29, 0.717) is 17.8 Å². The predicted molar refractivity (Wildman–Crippen MR) is 71.5 cm³/mol. The molecule has 0 atom stereocenters. The van der Waals surface area contributed by atoms with E-state index in [0.717, 1.165) is 5.56 Å². The molecule has 0 fully saturated rings. The highest BCUT2D eigenvalue weighted by Gasteiger charge is 2.12. The highest BCUT2D eigenvalue weighted by atomic mass is 16.2. The molecule has 0 saturated heterocycles. The SMILES string of the molecule is Cc1ccc(NC(=O)CCN)cc1C(=O)N(C)C. The minimum atomic E-state index is -0.149. The van der Waals surface area contributed by atoms with Gasteiger partial charge in [-0.3, -0.25) is 9.59 Å². The Morgan fingerprint density at radius 2 is 2.00 bits per heavy atom. The fourth-order valence-corrected chi connectivity index (χ4v) is 1.53. The lowest BCUT2D eigenvalue weighted by atomic mass is 10.1. The van der Waals surface area contributed by atoms with Crippen molar-refractivity contribution in [3.63, 3.8) is 0 Å². The van der Waals surface area contributed by atoms with Crippen LogP contribution >= 0.6 is 0 Å².